The number of pyridine rings is 3. The molecule has 0 aromatic carbocycles. The summed E-state index contributed by atoms with van der Waals surface area (Å²) in [5, 5.41) is -0.0985. The maximum atomic E-state index is 14.0. The molecule has 0 bridgehead atoms. The molecule has 0 saturated heterocycles. The number of ether oxygens (including phenoxy) is 1. The molecule has 9 heteroatoms. The van der Waals surface area contributed by atoms with Crippen LogP contribution >= 0.6 is 11.6 Å². The molecule has 0 spiro atoms. The zero-order chi connectivity index (χ0) is 28.6. The third kappa shape index (κ3) is 7.60. The van der Waals surface area contributed by atoms with Gasteiger partial charge in [-0.3, -0.25) is 0 Å². The van der Waals surface area contributed by atoms with Crippen LogP contribution in [0.15, 0.2) is 35.4 Å². The van der Waals surface area contributed by atoms with Gasteiger partial charge in [0.25, 0.3) is 0 Å². The summed E-state index contributed by atoms with van der Waals surface area (Å²) in [6.45, 7) is 10.2. The second kappa shape index (κ2) is 14.6. The summed E-state index contributed by atoms with van der Waals surface area (Å²) in [4.78, 5) is 22.3. The number of hydrogen-bond donors (Lipinski definition) is 0. The first-order valence-electron chi connectivity index (χ1n) is 14.0. The summed E-state index contributed by atoms with van der Waals surface area (Å²) < 4.78 is 39.6. The Hall–Kier alpha value is -2.00. The second-order valence-corrected chi connectivity index (χ2v) is 23.9. The van der Waals surface area contributed by atoms with E-state index in [1.54, 1.807) is 10.6 Å². The van der Waals surface area contributed by atoms with E-state index in [2.05, 4.69) is 31.8 Å². The van der Waals surface area contributed by atoms with Crippen LogP contribution in [0.2, 0.25) is 18.3 Å². The molecular weight excluding hydrogens is 627 g/mol. The Morgan fingerprint density at radius 3 is 2.10 bits per heavy atom. The van der Waals surface area contributed by atoms with E-state index in [0.29, 0.717) is 5.69 Å². The molecule has 3 aromatic heterocycles. The molecule has 0 fully saturated rings. The number of unbranched alkanes of at least 4 members (excludes halogenated alkanes) is 3. The normalized spacial score (nSPS) is 11.7. The van der Waals surface area contributed by atoms with Crippen molar-refractivity contribution in [1.29, 1.82) is 0 Å². The molecule has 0 amide bonds. The van der Waals surface area contributed by atoms with Gasteiger partial charge in [0, 0.05) is 0 Å². The van der Waals surface area contributed by atoms with E-state index in [9.17, 15) is 13.6 Å². The number of halogens is 3. The summed E-state index contributed by atoms with van der Waals surface area (Å²) in [6.07, 6.45) is 9.99. The van der Waals surface area contributed by atoms with E-state index in [1.165, 1.54) is 55.5 Å². The minimum absolute atomic E-state index is 0.0704. The average molecular weight is 667 g/mol. The topological polar surface area (TPSA) is 57.0 Å². The first kappa shape index (κ1) is 31.5. The van der Waals surface area contributed by atoms with Crippen molar-refractivity contribution in [3.63, 3.8) is 0 Å². The molecule has 0 atom stereocenters. The molecular formula is C30H40ClF2N3O2Sn. The van der Waals surface area contributed by atoms with Gasteiger partial charge in [0.15, 0.2) is 0 Å². The fourth-order valence-corrected chi connectivity index (χ4v) is 20.7. The van der Waals surface area contributed by atoms with Crippen LogP contribution in [0.25, 0.3) is 5.69 Å². The Kier molecular flexibility index (Phi) is 11.8. The monoisotopic (exact) mass is 667 g/mol. The zero-order valence-electron chi connectivity index (χ0n) is 23.7. The molecule has 0 aliphatic carbocycles. The summed E-state index contributed by atoms with van der Waals surface area (Å²) in [6, 6.07) is 4.58. The Balaban J connectivity index is 2.04. The molecule has 0 aliphatic heterocycles. The quantitative estimate of drug-likeness (QED) is 0.165. The van der Waals surface area contributed by atoms with Crippen molar-refractivity contribution in [3.05, 3.63) is 74.6 Å². The van der Waals surface area contributed by atoms with Crippen molar-refractivity contribution < 1.29 is 13.5 Å². The summed E-state index contributed by atoms with van der Waals surface area (Å²) in [7, 11) is 0. The molecule has 0 aliphatic rings. The number of aryl methyl sites for hydroxylation is 2. The molecule has 0 unspecified atom stereocenters. The Bertz CT molecular complexity index is 1310. The SMILES string of the molecule is CCC[CH2][Sn]([CH2]CCC)([CH2]CCC)[c]1cc(-n2c(C)cc(OCc3ncc(F)cc3F)c(Cl)c2=O)c(C)cn1. The number of rotatable bonds is 14. The Morgan fingerprint density at radius 2 is 1.54 bits per heavy atom. The van der Waals surface area contributed by atoms with Crippen LogP contribution in [0, 0.1) is 25.5 Å². The zero-order valence-corrected chi connectivity index (χ0v) is 27.4. The molecule has 0 N–H and O–H groups in total. The van der Waals surface area contributed by atoms with Gasteiger partial charge in [0.2, 0.25) is 0 Å². The fraction of sp³-hybridized carbons (Fsp3) is 0.500. The van der Waals surface area contributed by atoms with Crippen LogP contribution in [0.5, 0.6) is 5.75 Å². The van der Waals surface area contributed by atoms with E-state index >= 15 is 0 Å². The third-order valence-electron chi connectivity index (χ3n) is 7.43. The molecule has 5 nitrogen and oxygen atoms in total. The van der Waals surface area contributed by atoms with Gasteiger partial charge in [-0.05, 0) is 0 Å². The first-order chi connectivity index (χ1) is 18.7. The third-order valence-corrected chi connectivity index (χ3v) is 22.9. The molecule has 3 aromatic rings. The maximum absolute atomic E-state index is 14.0. The van der Waals surface area contributed by atoms with Crippen LogP contribution in [0.3, 0.4) is 0 Å². The van der Waals surface area contributed by atoms with Gasteiger partial charge in [-0.25, -0.2) is 4.39 Å². The van der Waals surface area contributed by atoms with Crippen molar-refractivity contribution in [3.8, 4) is 11.4 Å². The van der Waals surface area contributed by atoms with Gasteiger partial charge in [-0.2, -0.15) is 0 Å². The fourth-order valence-electron chi connectivity index (χ4n) is 5.13. The molecule has 0 radical (unpaired) electrons. The second-order valence-electron chi connectivity index (χ2n) is 10.4. The van der Waals surface area contributed by atoms with Gasteiger partial charge in [0.05, 0.1) is 0 Å². The van der Waals surface area contributed by atoms with E-state index in [0.717, 1.165) is 23.5 Å². The van der Waals surface area contributed by atoms with Crippen molar-refractivity contribution in [2.45, 2.75) is 93.1 Å². The number of nitrogens with zero attached hydrogens (tertiary/aromatic N) is 3. The summed E-state index contributed by atoms with van der Waals surface area (Å²) in [5.41, 5.74) is 1.86. The van der Waals surface area contributed by atoms with Crippen molar-refractivity contribution >= 4 is 33.7 Å². The van der Waals surface area contributed by atoms with Crippen LogP contribution < -0.4 is 14.0 Å². The molecule has 39 heavy (non-hydrogen) atoms. The van der Waals surface area contributed by atoms with Gasteiger partial charge >= 0.3 is 231 Å². The van der Waals surface area contributed by atoms with Crippen LogP contribution in [0.1, 0.15) is 76.2 Å². The minimum atomic E-state index is -2.84. The van der Waals surface area contributed by atoms with Crippen LogP contribution in [-0.4, -0.2) is 32.9 Å². The molecule has 212 valence electrons. The van der Waals surface area contributed by atoms with Gasteiger partial charge in [-0.15, -0.1) is 0 Å². The molecule has 0 saturated carbocycles. The van der Waals surface area contributed by atoms with Crippen molar-refractivity contribution in [2.75, 3.05) is 0 Å². The first-order valence-corrected chi connectivity index (χ1v) is 21.9. The van der Waals surface area contributed by atoms with Crippen molar-refractivity contribution in [2.24, 2.45) is 0 Å². The van der Waals surface area contributed by atoms with Crippen LogP contribution in [0.4, 0.5) is 8.78 Å². The van der Waals surface area contributed by atoms with Gasteiger partial charge in [-0.1, -0.05) is 0 Å². The average Bonchev–Trinajstić information content (AvgIpc) is 2.91. The Morgan fingerprint density at radius 1 is 0.923 bits per heavy atom. The van der Waals surface area contributed by atoms with E-state index in [-0.39, 0.29) is 23.1 Å². The summed E-state index contributed by atoms with van der Waals surface area (Å²) in [5.74, 6) is -1.46. The molecule has 3 rings (SSSR count). The summed E-state index contributed by atoms with van der Waals surface area (Å²) >= 11 is 3.66. The van der Waals surface area contributed by atoms with E-state index < -0.39 is 35.6 Å². The van der Waals surface area contributed by atoms with Crippen LogP contribution in [-0.2, 0) is 6.61 Å². The Labute approximate surface area is 239 Å². The van der Waals surface area contributed by atoms with Gasteiger partial charge in [0.1, 0.15) is 5.82 Å². The number of hydrogen-bond acceptors (Lipinski definition) is 4. The van der Waals surface area contributed by atoms with E-state index in [1.807, 2.05) is 20.0 Å². The van der Waals surface area contributed by atoms with Crippen molar-refractivity contribution in [1.82, 2.24) is 14.5 Å². The number of aromatic nitrogens is 3. The van der Waals surface area contributed by atoms with Gasteiger partial charge < -0.3 is 0 Å². The van der Waals surface area contributed by atoms with E-state index in [4.69, 9.17) is 21.3 Å². The molecule has 3 heterocycles. The predicted octanol–water partition coefficient (Wildman–Crippen LogP) is 7.81. The standard InChI is InChI=1S/C18H13ClF2N3O2.3C4H9.Sn/c1-10-7-22-4-3-15(10)24-11(2)5-16(17(19)18(24)25)26-9-14-13(21)6-12(20)8-23-14;3*1-3-4-2;/h3,5-8H,9H2,1-2H3;3*1,3-4H2,2H3;. The predicted molar refractivity (Wildman–Crippen MR) is 157 cm³/mol.